The van der Waals surface area contributed by atoms with E-state index in [-0.39, 0.29) is 33.5 Å². The molecule has 15 heteroatoms. The number of likely N-dealkylation sites (tertiary alicyclic amines) is 1. The van der Waals surface area contributed by atoms with Crippen molar-refractivity contribution in [2.75, 3.05) is 19.6 Å². The van der Waals surface area contributed by atoms with Crippen molar-refractivity contribution in [3.63, 3.8) is 0 Å². The Morgan fingerprint density at radius 1 is 0.979 bits per heavy atom. The maximum Gasteiger partial charge on any atom is 0.382 e. The predicted octanol–water partition coefficient (Wildman–Crippen LogP) is 2.80. The summed E-state index contributed by atoms with van der Waals surface area (Å²) < 4.78 is 58.2. The molecule has 1 aliphatic heterocycles. The summed E-state index contributed by atoms with van der Waals surface area (Å²) in [5.41, 5.74) is 13.4. The molecule has 2 atom stereocenters. The lowest BCUT2D eigenvalue weighted by Gasteiger charge is -2.35. The van der Waals surface area contributed by atoms with Crippen LogP contribution in [0.4, 0.5) is 0 Å². The summed E-state index contributed by atoms with van der Waals surface area (Å²) in [5, 5.41) is 14.6. The Hall–Kier alpha value is -4.83. The van der Waals surface area contributed by atoms with Crippen molar-refractivity contribution in [2.45, 2.75) is 36.5 Å². The summed E-state index contributed by atoms with van der Waals surface area (Å²) in [6, 6.07) is 21.8. The summed E-state index contributed by atoms with van der Waals surface area (Å²) in [6.07, 6.45) is 1.27. The van der Waals surface area contributed by atoms with Gasteiger partial charge in [0.2, 0.25) is 15.9 Å². The SMILES string of the molecule is Cc1c(C2CCCN(C(=N)N)C2)cc(C(=O)OS(N)(=O)=O)c(-c2ccccc2)c1C(CNS(=O)(=O)c1ccc2ccccc2c1)C(N)=O. The fraction of sp³-hybridized carbons (Fsp3) is 0.242. The molecule has 1 amide bonds. The van der Waals surface area contributed by atoms with Crippen LogP contribution in [0.5, 0.6) is 0 Å². The first-order valence-electron chi connectivity index (χ1n) is 15.0. The number of nitrogens with one attached hydrogen (secondary N) is 2. The van der Waals surface area contributed by atoms with Gasteiger partial charge in [0.25, 0.3) is 0 Å². The molecule has 1 saturated heterocycles. The zero-order valence-corrected chi connectivity index (χ0v) is 27.7. The van der Waals surface area contributed by atoms with Crippen molar-refractivity contribution in [3.8, 4) is 11.1 Å². The molecule has 4 aromatic rings. The lowest BCUT2D eigenvalue weighted by Crippen LogP contribution is -2.43. The summed E-state index contributed by atoms with van der Waals surface area (Å²) >= 11 is 0. The smallest absolute Gasteiger partial charge is 0.370 e. The number of primary amides is 1. The Bertz CT molecular complexity index is 2120. The highest BCUT2D eigenvalue weighted by Crippen LogP contribution is 2.41. The van der Waals surface area contributed by atoms with Crippen LogP contribution in [-0.4, -0.2) is 59.2 Å². The minimum absolute atomic E-state index is 0.0258. The van der Waals surface area contributed by atoms with Crippen LogP contribution in [0, 0.1) is 12.3 Å². The summed E-state index contributed by atoms with van der Waals surface area (Å²) in [4.78, 5) is 28.5. The van der Waals surface area contributed by atoms with Gasteiger partial charge >= 0.3 is 16.3 Å². The van der Waals surface area contributed by atoms with Crippen LogP contribution in [0.15, 0.2) is 83.8 Å². The molecule has 13 nitrogen and oxygen atoms in total. The third kappa shape index (κ3) is 7.49. The van der Waals surface area contributed by atoms with E-state index >= 15 is 0 Å². The first-order valence-corrected chi connectivity index (χ1v) is 18.0. The van der Waals surface area contributed by atoms with E-state index in [2.05, 4.69) is 8.91 Å². The normalized spacial score (nSPS) is 16.0. The van der Waals surface area contributed by atoms with Crippen molar-refractivity contribution >= 4 is 48.9 Å². The number of carbonyl (C=O) groups excluding carboxylic acids is 2. The molecule has 8 N–H and O–H groups in total. The van der Waals surface area contributed by atoms with Gasteiger partial charge in [0, 0.05) is 31.1 Å². The number of sulfonamides is 1. The highest BCUT2D eigenvalue weighted by molar-refractivity contribution is 7.89. The van der Waals surface area contributed by atoms with Gasteiger partial charge < -0.3 is 20.6 Å². The molecule has 0 spiro atoms. The highest BCUT2D eigenvalue weighted by atomic mass is 32.2. The highest BCUT2D eigenvalue weighted by Gasteiger charge is 2.34. The van der Waals surface area contributed by atoms with Gasteiger partial charge in [-0.05, 0) is 71.0 Å². The predicted molar refractivity (Wildman–Crippen MR) is 182 cm³/mol. The molecular weight excluding hydrogens is 657 g/mol. The molecule has 0 aromatic heterocycles. The van der Waals surface area contributed by atoms with Crippen LogP contribution in [0.2, 0.25) is 0 Å². The quantitative estimate of drug-likeness (QED) is 0.121. The Balaban J connectivity index is 1.69. The number of benzene rings is 4. The number of carbonyl (C=O) groups is 2. The van der Waals surface area contributed by atoms with Crippen LogP contribution in [-0.2, 0) is 29.3 Å². The Morgan fingerprint density at radius 2 is 1.65 bits per heavy atom. The fourth-order valence-electron chi connectivity index (χ4n) is 6.32. The van der Waals surface area contributed by atoms with Crippen LogP contribution >= 0.6 is 0 Å². The number of amides is 1. The van der Waals surface area contributed by atoms with Crippen molar-refractivity contribution in [2.24, 2.45) is 16.6 Å². The van der Waals surface area contributed by atoms with Gasteiger partial charge in [0.05, 0.1) is 16.4 Å². The zero-order valence-electron chi connectivity index (χ0n) is 26.0. The van der Waals surface area contributed by atoms with Gasteiger partial charge in [-0.1, -0.05) is 60.7 Å². The molecule has 0 bridgehead atoms. The van der Waals surface area contributed by atoms with E-state index in [1.54, 1.807) is 60.4 Å². The monoisotopic (exact) mass is 692 g/mol. The first-order chi connectivity index (χ1) is 22.7. The molecule has 2 unspecified atom stereocenters. The second-order valence-electron chi connectivity index (χ2n) is 11.6. The maximum atomic E-state index is 13.6. The van der Waals surface area contributed by atoms with Gasteiger partial charge in [0.1, 0.15) is 0 Å². The van der Waals surface area contributed by atoms with Crippen LogP contribution in [0.3, 0.4) is 0 Å². The first kappa shape index (κ1) is 34.5. The van der Waals surface area contributed by atoms with E-state index in [9.17, 15) is 26.4 Å². The van der Waals surface area contributed by atoms with Crippen LogP contribution in [0.1, 0.15) is 51.7 Å². The number of rotatable bonds is 10. The number of fused-ring (bicyclic) bond motifs is 1. The van der Waals surface area contributed by atoms with Gasteiger partial charge in [-0.15, -0.1) is 0 Å². The van der Waals surface area contributed by atoms with Crippen molar-refractivity contribution in [1.82, 2.24) is 9.62 Å². The van der Waals surface area contributed by atoms with E-state index in [0.717, 1.165) is 5.39 Å². The number of nitrogens with two attached hydrogens (primary N) is 3. The second kappa shape index (κ2) is 13.7. The topological polar surface area (TPSA) is 229 Å². The average molecular weight is 693 g/mol. The third-order valence-electron chi connectivity index (χ3n) is 8.55. The third-order valence-corrected chi connectivity index (χ3v) is 10.4. The molecule has 0 aliphatic carbocycles. The van der Waals surface area contributed by atoms with Crippen molar-refractivity contribution in [3.05, 3.63) is 101 Å². The minimum atomic E-state index is -4.75. The number of guanidine groups is 1. The van der Waals surface area contributed by atoms with Crippen molar-refractivity contribution in [1.29, 1.82) is 5.41 Å². The van der Waals surface area contributed by atoms with Gasteiger partial charge in [-0.25, -0.2) is 17.9 Å². The van der Waals surface area contributed by atoms with E-state index in [1.165, 1.54) is 18.2 Å². The van der Waals surface area contributed by atoms with Gasteiger partial charge in [-0.3, -0.25) is 10.2 Å². The second-order valence-corrected chi connectivity index (χ2v) is 14.6. The number of piperidine rings is 1. The minimum Gasteiger partial charge on any atom is -0.370 e. The molecule has 252 valence electrons. The largest absolute Gasteiger partial charge is 0.382 e. The average Bonchev–Trinajstić information content (AvgIpc) is 3.04. The maximum absolute atomic E-state index is 13.6. The molecule has 0 saturated carbocycles. The van der Waals surface area contributed by atoms with Crippen molar-refractivity contribution < 1.29 is 30.6 Å². The summed E-state index contributed by atoms with van der Waals surface area (Å²) in [6.45, 7) is 2.09. The lowest BCUT2D eigenvalue weighted by atomic mass is 9.77. The Morgan fingerprint density at radius 3 is 2.29 bits per heavy atom. The summed E-state index contributed by atoms with van der Waals surface area (Å²) in [7, 11) is -8.92. The molecular formula is C33H36N6O7S2. The molecule has 1 heterocycles. The molecule has 5 rings (SSSR count). The van der Waals surface area contributed by atoms with E-state index in [0.29, 0.717) is 48.0 Å². The number of hydrogen-bond acceptors (Lipinski definition) is 8. The molecule has 1 fully saturated rings. The molecule has 4 aromatic carbocycles. The molecule has 1 aliphatic rings. The zero-order chi connectivity index (χ0) is 34.8. The Labute approximate surface area is 278 Å². The fourth-order valence-corrected chi connectivity index (χ4v) is 7.70. The number of nitrogens with zero attached hydrogens (tertiary/aromatic N) is 1. The van der Waals surface area contributed by atoms with E-state index in [4.69, 9.17) is 22.0 Å². The van der Waals surface area contributed by atoms with Gasteiger partial charge in [0.15, 0.2) is 5.96 Å². The standard InChI is InChI=1S/C33H36N6O7S2/c1-20-26(24-12-7-15-39(19-24)33(35)36)17-27(32(41)46-48(37,44)45)30(22-9-3-2-4-10-22)29(20)28(31(34)40)18-38-47(42,43)25-14-13-21-8-5-6-11-23(21)16-25/h2-6,8-11,13-14,16-17,24,28,38H,7,12,15,18-19H2,1H3,(H2,34,40)(H3,35,36)(H2,37,44,45). The molecule has 48 heavy (non-hydrogen) atoms. The molecule has 0 radical (unpaired) electrons. The lowest BCUT2D eigenvalue weighted by molar-refractivity contribution is -0.119. The Kier molecular flexibility index (Phi) is 9.86. The number of hydrogen-bond donors (Lipinski definition) is 5. The van der Waals surface area contributed by atoms with E-state index < -0.39 is 44.7 Å². The van der Waals surface area contributed by atoms with Gasteiger partial charge in [-0.2, -0.15) is 13.6 Å². The van der Waals surface area contributed by atoms with Crippen LogP contribution in [0.25, 0.3) is 21.9 Å². The van der Waals surface area contributed by atoms with E-state index in [1.807, 2.05) is 12.1 Å². The van der Waals surface area contributed by atoms with Crippen LogP contribution < -0.4 is 21.3 Å². The summed E-state index contributed by atoms with van der Waals surface area (Å²) in [5.74, 6) is -3.96.